The summed E-state index contributed by atoms with van der Waals surface area (Å²) < 4.78 is 0. The highest BCUT2D eigenvalue weighted by molar-refractivity contribution is 5.72. The molecule has 2 heterocycles. The molecule has 1 saturated heterocycles. The highest BCUT2D eigenvalue weighted by Crippen LogP contribution is 2.21. The number of carbonyl (C=O) groups is 1. The van der Waals surface area contributed by atoms with Crippen LogP contribution >= 0.6 is 0 Å². The molecule has 0 aliphatic carbocycles. The second kappa shape index (κ2) is 6.19. The lowest BCUT2D eigenvalue weighted by Gasteiger charge is -2.33. The van der Waals surface area contributed by atoms with Crippen molar-refractivity contribution in [3.8, 4) is 6.07 Å². The van der Waals surface area contributed by atoms with Gasteiger partial charge in [0, 0.05) is 32.8 Å². The number of hydrogen-bond acceptors (Lipinski definition) is 4. The number of nitriles is 1. The number of rotatable bonds is 3. The van der Waals surface area contributed by atoms with Gasteiger partial charge in [-0.2, -0.15) is 5.26 Å². The van der Waals surface area contributed by atoms with E-state index in [1.807, 2.05) is 6.07 Å². The molecule has 1 fully saturated rings. The Balaban J connectivity index is 1.96. The maximum Gasteiger partial charge on any atom is 0.216 e. The Kier molecular flexibility index (Phi) is 4.35. The van der Waals surface area contributed by atoms with Crippen molar-refractivity contribution in [3.05, 3.63) is 23.9 Å². The summed E-state index contributed by atoms with van der Waals surface area (Å²) in [5, 5.41) is 11.6. The highest BCUT2D eigenvalue weighted by atomic mass is 16.1. The summed E-state index contributed by atoms with van der Waals surface area (Å²) in [5.74, 6) is 1.40. The molecular weight excluding hydrogens is 240 g/mol. The second-order valence-corrected chi connectivity index (χ2v) is 4.91. The van der Waals surface area contributed by atoms with E-state index in [0.717, 1.165) is 38.3 Å². The SMILES string of the molecule is CC(=O)NC[C@H]1CCCN(c2ccc(C#N)cn2)C1. The Morgan fingerprint density at radius 2 is 2.47 bits per heavy atom. The van der Waals surface area contributed by atoms with Crippen LogP contribution in [0, 0.1) is 17.2 Å². The predicted octanol–water partition coefficient (Wildman–Crippen LogP) is 1.31. The van der Waals surface area contributed by atoms with Crippen LogP contribution in [0.3, 0.4) is 0 Å². The van der Waals surface area contributed by atoms with Gasteiger partial charge in [-0.25, -0.2) is 4.98 Å². The lowest BCUT2D eigenvalue weighted by Crippen LogP contribution is -2.40. The molecular formula is C14H18N4O. The Hall–Kier alpha value is -2.09. The van der Waals surface area contributed by atoms with Crippen LogP contribution in [0.4, 0.5) is 5.82 Å². The van der Waals surface area contributed by atoms with Crippen LogP contribution in [0.25, 0.3) is 0 Å². The Morgan fingerprint density at radius 1 is 1.63 bits per heavy atom. The van der Waals surface area contributed by atoms with Gasteiger partial charge in [-0.15, -0.1) is 0 Å². The smallest absolute Gasteiger partial charge is 0.216 e. The quantitative estimate of drug-likeness (QED) is 0.887. The fraction of sp³-hybridized carbons (Fsp3) is 0.500. The maximum absolute atomic E-state index is 10.9. The molecule has 1 aromatic rings. The van der Waals surface area contributed by atoms with Crippen molar-refractivity contribution in [1.29, 1.82) is 5.26 Å². The van der Waals surface area contributed by atoms with Crippen LogP contribution in [0.5, 0.6) is 0 Å². The fourth-order valence-electron chi connectivity index (χ4n) is 2.37. The summed E-state index contributed by atoms with van der Waals surface area (Å²) in [5.41, 5.74) is 0.579. The third kappa shape index (κ3) is 3.68. The third-order valence-corrected chi connectivity index (χ3v) is 3.36. The summed E-state index contributed by atoms with van der Waals surface area (Å²) in [7, 11) is 0. The van der Waals surface area contributed by atoms with E-state index in [1.165, 1.54) is 0 Å². The van der Waals surface area contributed by atoms with Crippen molar-refractivity contribution in [1.82, 2.24) is 10.3 Å². The van der Waals surface area contributed by atoms with E-state index < -0.39 is 0 Å². The van der Waals surface area contributed by atoms with E-state index in [9.17, 15) is 4.79 Å². The van der Waals surface area contributed by atoms with E-state index in [0.29, 0.717) is 11.5 Å². The lowest BCUT2D eigenvalue weighted by molar-refractivity contribution is -0.119. The molecule has 2 rings (SSSR count). The number of anilines is 1. The molecule has 0 radical (unpaired) electrons. The van der Waals surface area contributed by atoms with Crippen LogP contribution < -0.4 is 10.2 Å². The van der Waals surface area contributed by atoms with Gasteiger partial charge in [0.2, 0.25) is 5.91 Å². The van der Waals surface area contributed by atoms with Crippen LogP contribution in [0.2, 0.25) is 0 Å². The minimum Gasteiger partial charge on any atom is -0.356 e. The van der Waals surface area contributed by atoms with Crippen LogP contribution in [0.1, 0.15) is 25.3 Å². The van der Waals surface area contributed by atoms with Gasteiger partial charge in [0.15, 0.2) is 0 Å². The van der Waals surface area contributed by atoms with Crippen molar-refractivity contribution in [2.24, 2.45) is 5.92 Å². The zero-order chi connectivity index (χ0) is 13.7. The number of nitrogens with zero attached hydrogens (tertiary/aromatic N) is 3. The first-order chi connectivity index (χ1) is 9.19. The van der Waals surface area contributed by atoms with Crippen LogP contribution in [-0.4, -0.2) is 30.5 Å². The molecule has 5 nitrogen and oxygen atoms in total. The van der Waals surface area contributed by atoms with E-state index in [2.05, 4.69) is 21.3 Å². The van der Waals surface area contributed by atoms with Gasteiger partial charge in [-0.1, -0.05) is 0 Å². The first-order valence-corrected chi connectivity index (χ1v) is 6.54. The Morgan fingerprint density at radius 3 is 3.11 bits per heavy atom. The minimum atomic E-state index is 0.0219. The second-order valence-electron chi connectivity index (χ2n) is 4.91. The first-order valence-electron chi connectivity index (χ1n) is 6.54. The topological polar surface area (TPSA) is 69.0 Å². The average molecular weight is 258 g/mol. The Bertz CT molecular complexity index is 477. The summed E-state index contributed by atoms with van der Waals surface area (Å²) >= 11 is 0. The van der Waals surface area contributed by atoms with E-state index in [1.54, 1.807) is 19.2 Å². The first kappa shape index (κ1) is 13.3. The zero-order valence-electron chi connectivity index (χ0n) is 11.1. The molecule has 0 bridgehead atoms. The summed E-state index contributed by atoms with van der Waals surface area (Å²) in [6.07, 6.45) is 3.84. The molecule has 1 aliphatic heterocycles. The molecule has 0 aromatic carbocycles. The molecule has 1 amide bonds. The van der Waals surface area contributed by atoms with Crippen molar-refractivity contribution in [2.75, 3.05) is 24.5 Å². The molecule has 1 atom stereocenters. The number of carbonyl (C=O) groups excluding carboxylic acids is 1. The number of nitrogens with one attached hydrogen (secondary N) is 1. The molecule has 5 heteroatoms. The summed E-state index contributed by atoms with van der Waals surface area (Å²) in [6, 6.07) is 5.75. The van der Waals surface area contributed by atoms with Gasteiger partial charge in [0.1, 0.15) is 11.9 Å². The van der Waals surface area contributed by atoms with Crippen LogP contribution in [0.15, 0.2) is 18.3 Å². The summed E-state index contributed by atoms with van der Waals surface area (Å²) in [4.78, 5) is 17.5. The minimum absolute atomic E-state index is 0.0219. The van der Waals surface area contributed by atoms with Gasteiger partial charge in [-0.05, 0) is 30.9 Å². The van der Waals surface area contributed by atoms with E-state index in [4.69, 9.17) is 5.26 Å². The van der Waals surface area contributed by atoms with Crippen molar-refractivity contribution in [2.45, 2.75) is 19.8 Å². The third-order valence-electron chi connectivity index (χ3n) is 3.36. The Labute approximate surface area is 113 Å². The number of hydrogen-bond donors (Lipinski definition) is 1. The predicted molar refractivity (Wildman–Crippen MR) is 72.6 cm³/mol. The monoisotopic (exact) mass is 258 g/mol. The van der Waals surface area contributed by atoms with Crippen molar-refractivity contribution in [3.63, 3.8) is 0 Å². The number of aromatic nitrogens is 1. The maximum atomic E-state index is 10.9. The standard InChI is InChI=1S/C14H18N4O/c1-11(19)16-9-13-3-2-6-18(10-13)14-5-4-12(7-15)8-17-14/h4-5,8,13H,2-3,6,9-10H2,1H3,(H,16,19)/t13-/m1/s1. The van der Waals surface area contributed by atoms with Gasteiger partial charge in [0.25, 0.3) is 0 Å². The van der Waals surface area contributed by atoms with Crippen molar-refractivity contribution < 1.29 is 4.79 Å². The van der Waals surface area contributed by atoms with E-state index >= 15 is 0 Å². The number of pyridine rings is 1. The van der Waals surface area contributed by atoms with Gasteiger partial charge in [-0.3, -0.25) is 4.79 Å². The molecule has 1 aliphatic rings. The van der Waals surface area contributed by atoms with Crippen molar-refractivity contribution >= 4 is 11.7 Å². The molecule has 0 spiro atoms. The number of piperidine rings is 1. The molecule has 19 heavy (non-hydrogen) atoms. The number of amides is 1. The normalized spacial score (nSPS) is 18.7. The van der Waals surface area contributed by atoms with Gasteiger partial charge >= 0.3 is 0 Å². The van der Waals surface area contributed by atoms with Gasteiger partial charge < -0.3 is 10.2 Å². The van der Waals surface area contributed by atoms with Crippen LogP contribution in [-0.2, 0) is 4.79 Å². The fourth-order valence-corrected chi connectivity index (χ4v) is 2.37. The molecule has 100 valence electrons. The molecule has 0 unspecified atom stereocenters. The summed E-state index contributed by atoms with van der Waals surface area (Å²) in [6.45, 7) is 4.15. The largest absolute Gasteiger partial charge is 0.356 e. The lowest BCUT2D eigenvalue weighted by atomic mass is 9.98. The van der Waals surface area contributed by atoms with Gasteiger partial charge in [0.05, 0.1) is 5.56 Å². The zero-order valence-corrected chi connectivity index (χ0v) is 11.1. The van der Waals surface area contributed by atoms with E-state index in [-0.39, 0.29) is 5.91 Å². The molecule has 0 saturated carbocycles. The molecule has 1 N–H and O–H groups in total. The highest BCUT2D eigenvalue weighted by Gasteiger charge is 2.20. The average Bonchev–Trinajstić information content (AvgIpc) is 2.45. The molecule has 1 aromatic heterocycles.